The van der Waals surface area contributed by atoms with Crippen LogP contribution >= 0.6 is 0 Å². The van der Waals surface area contributed by atoms with E-state index in [1.807, 2.05) is 0 Å². The van der Waals surface area contributed by atoms with E-state index in [-0.39, 0.29) is 19.2 Å². The molecule has 0 heterocycles. The van der Waals surface area contributed by atoms with Crippen molar-refractivity contribution in [2.75, 3.05) is 6.54 Å². The SMILES string of the molecule is CCN(Cc1ccccc1)C(=O)c1cc(C(F)(F)F)cc(C(F)(F)F)c1. The Labute approximate surface area is 146 Å². The first kappa shape index (κ1) is 19.8. The number of nitrogens with zero attached hydrogens (tertiary/aromatic N) is 1. The fraction of sp³-hybridized carbons (Fsp3) is 0.278. The number of amides is 1. The number of hydrogen-bond donors (Lipinski definition) is 0. The quantitative estimate of drug-likeness (QED) is 0.657. The normalized spacial score (nSPS) is 12.1. The summed E-state index contributed by atoms with van der Waals surface area (Å²) in [5.74, 6) is -0.895. The molecule has 0 saturated carbocycles. The van der Waals surface area contributed by atoms with E-state index < -0.39 is 35.0 Å². The predicted molar refractivity (Wildman–Crippen MR) is 83.3 cm³/mol. The van der Waals surface area contributed by atoms with E-state index in [0.29, 0.717) is 17.7 Å². The molecule has 0 aliphatic carbocycles. The smallest absolute Gasteiger partial charge is 0.335 e. The van der Waals surface area contributed by atoms with E-state index in [0.717, 1.165) is 0 Å². The lowest BCUT2D eigenvalue weighted by Gasteiger charge is -2.22. The molecule has 2 aromatic carbocycles. The Balaban J connectivity index is 2.42. The number of carbonyl (C=O) groups excluding carboxylic acids is 1. The first-order valence-corrected chi connectivity index (χ1v) is 7.65. The molecule has 1 amide bonds. The minimum absolute atomic E-state index is 0.00423. The fourth-order valence-electron chi connectivity index (χ4n) is 2.39. The van der Waals surface area contributed by atoms with Crippen molar-refractivity contribution in [2.24, 2.45) is 0 Å². The molecule has 0 aromatic heterocycles. The molecule has 0 fully saturated rings. The van der Waals surface area contributed by atoms with Crippen LogP contribution in [0.15, 0.2) is 48.5 Å². The molecule has 0 saturated heterocycles. The summed E-state index contributed by atoms with van der Waals surface area (Å²) in [5, 5.41) is 0. The van der Waals surface area contributed by atoms with E-state index in [1.165, 1.54) is 4.90 Å². The minimum atomic E-state index is -4.99. The third kappa shape index (κ3) is 4.77. The highest BCUT2D eigenvalue weighted by molar-refractivity contribution is 5.94. The molecule has 0 bridgehead atoms. The summed E-state index contributed by atoms with van der Waals surface area (Å²) in [6, 6.07) is 9.52. The van der Waals surface area contributed by atoms with Crippen LogP contribution < -0.4 is 0 Å². The Morgan fingerprint density at radius 3 is 1.81 bits per heavy atom. The summed E-state index contributed by atoms with van der Waals surface area (Å²) < 4.78 is 77.6. The van der Waals surface area contributed by atoms with Crippen molar-refractivity contribution in [2.45, 2.75) is 25.8 Å². The van der Waals surface area contributed by atoms with Gasteiger partial charge in [-0.05, 0) is 30.7 Å². The van der Waals surface area contributed by atoms with E-state index >= 15 is 0 Å². The molecule has 0 N–H and O–H groups in total. The molecule has 2 aromatic rings. The maximum atomic E-state index is 12.9. The minimum Gasteiger partial charge on any atom is -0.335 e. The van der Waals surface area contributed by atoms with Gasteiger partial charge in [-0.3, -0.25) is 4.79 Å². The van der Waals surface area contributed by atoms with Gasteiger partial charge >= 0.3 is 12.4 Å². The molecule has 0 radical (unpaired) electrons. The van der Waals surface area contributed by atoms with Crippen LogP contribution in [-0.2, 0) is 18.9 Å². The Morgan fingerprint density at radius 2 is 1.38 bits per heavy atom. The van der Waals surface area contributed by atoms with Crippen LogP contribution in [0.25, 0.3) is 0 Å². The fourth-order valence-corrected chi connectivity index (χ4v) is 2.39. The van der Waals surface area contributed by atoms with Gasteiger partial charge in [-0.1, -0.05) is 30.3 Å². The van der Waals surface area contributed by atoms with Crippen LogP contribution in [0, 0.1) is 0 Å². The maximum Gasteiger partial charge on any atom is 0.416 e. The average molecular weight is 375 g/mol. The molecule has 0 atom stereocenters. The van der Waals surface area contributed by atoms with Crippen molar-refractivity contribution >= 4 is 5.91 Å². The second-order valence-electron chi connectivity index (χ2n) is 5.60. The summed E-state index contributed by atoms with van der Waals surface area (Å²) in [6.07, 6.45) is -9.99. The number of alkyl halides is 6. The van der Waals surface area contributed by atoms with Crippen molar-refractivity contribution in [3.63, 3.8) is 0 Å². The Bertz CT molecular complexity index is 735. The predicted octanol–water partition coefficient (Wildman–Crippen LogP) is 5.39. The standard InChI is InChI=1S/C18H15F6NO/c1-2-25(11-12-6-4-3-5-7-12)16(26)13-8-14(17(19,20)21)10-15(9-13)18(22,23)24/h3-10H,2,11H2,1H3. The maximum absolute atomic E-state index is 12.9. The number of hydrogen-bond acceptors (Lipinski definition) is 1. The largest absolute Gasteiger partial charge is 0.416 e. The number of rotatable bonds is 4. The van der Waals surface area contributed by atoms with Crippen molar-refractivity contribution in [3.05, 3.63) is 70.8 Å². The van der Waals surface area contributed by atoms with Gasteiger partial charge in [0, 0.05) is 18.7 Å². The summed E-state index contributed by atoms with van der Waals surface area (Å²) >= 11 is 0. The lowest BCUT2D eigenvalue weighted by molar-refractivity contribution is -0.143. The Morgan fingerprint density at radius 1 is 0.885 bits per heavy atom. The van der Waals surface area contributed by atoms with Crippen LogP contribution in [0.4, 0.5) is 26.3 Å². The molecular formula is C18H15F6NO. The number of halogens is 6. The lowest BCUT2D eigenvalue weighted by atomic mass is 10.0. The van der Waals surface area contributed by atoms with E-state index in [2.05, 4.69) is 0 Å². The third-order valence-electron chi connectivity index (χ3n) is 3.72. The lowest BCUT2D eigenvalue weighted by Crippen LogP contribution is -2.31. The highest BCUT2D eigenvalue weighted by Gasteiger charge is 2.37. The highest BCUT2D eigenvalue weighted by atomic mass is 19.4. The van der Waals surface area contributed by atoms with Gasteiger partial charge in [-0.25, -0.2) is 0 Å². The molecular weight excluding hydrogens is 360 g/mol. The average Bonchev–Trinajstić information content (AvgIpc) is 2.58. The zero-order valence-electron chi connectivity index (χ0n) is 13.7. The van der Waals surface area contributed by atoms with Gasteiger partial charge in [0.2, 0.25) is 0 Å². The third-order valence-corrected chi connectivity index (χ3v) is 3.72. The van der Waals surface area contributed by atoms with Gasteiger partial charge in [-0.2, -0.15) is 26.3 Å². The molecule has 2 nitrogen and oxygen atoms in total. The first-order valence-electron chi connectivity index (χ1n) is 7.65. The zero-order chi connectivity index (χ0) is 19.5. The first-order chi connectivity index (χ1) is 12.0. The van der Waals surface area contributed by atoms with Crippen molar-refractivity contribution in [3.8, 4) is 0 Å². The number of benzene rings is 2. The van der Waals surface area contributed by atoms with Crippen molar-refractivity contribution in [1.29, 1.82) is 0 Å². The summed E-state index contributed by atoms with van der Waals surface area (Å²) in [6.45, 7) is 1.80. The monoisotopic (exact) mass is 375 g/mol. The van der Waals surface area contributed by atoms with Gasteiger partial charge in [0.1, 0.15) is 0 Å². The molecule has 8 heteroatoms. The molecule has 2 rings (SSSR count). The van der Waals surface area contributed by atoms with Gasteiger partial charge in [0.05, 0.1) is 11.1 Å². The summed E-state index contributed by atoms with van der Waals surface area (Å²) in [7, 11) is 0. The molecule has 140 valence electrons. The van der Waals surface area contributed by atoms with Gasteiger partial charge in [0.25, 0.3) is 5.91 Å². The topological polar surface area (TPSA) is 20.3 Å². The van der Waals surface area contributed by atoms with Crippen molar-refractivity contribution < 1.29 is 31.1 Å². The zero-order valence-corrected chi connectivity index (χ0v) is 13.7. The summed E-state index contributed by atoms with van der Waals surface area (Å²) in [4.78, 5) is 13.7. The molecule has 0 aliphatic rings. The Hall–Kier alpha value is -2.51. The number of carbonyl (C=O) groups is 1. The summed E-state index contributed by atoms with van der Waals surface area (Å²) in [5.41, 5.74) is -2.95. The van der Waals surface area contributed by atoms with Crippen molar-refractivity contribution in [1.82, 2.24) is 4.90 Å². The van der Waals surface area contributed by atoms with Crippen LogP contribution in [-0.4, -0.2) is 17.4 Å². The molecule has 26 heavy (non-hydrogen) atoms. The second kappa shape index (κ2) is 7.39. The molecule has 0 aliphatic heterocycles. The van der Waals surface area contributed by atoms with E-state index in [9.17, 15) is 31.1 Å². The second-order valence-corrected chi connectivity index (χ2v) is 5.60. The molecule has 0 spiro atoms. The van der Waals surface area contributed by atoms with Gasteiger partial charge in [-0.15, -0.1) is 0 Å². The van der Waals surface area contributed by atoms with E-state index in [1.54, 1.807) is 37.3 Å². The Kier molecular flexibility index (Phi) is 5.63. The van der Waals surface area contributed by atoms with Crippen LogP contribution in [0.1, 0.15) is 34.0 Å². The van der Waals surface area contributed by atoms with E-state index in [4.69, 9.17) is 0 Å². The van der Waals surface area contributed by atoms with Crippen LogP contribution in [0.5, 0.6) is 0 Å². The van der Waals surface area contributed by atoms with Gasteiger partial charge in [0.15, 0.2) is 0 Å². The molecule has 0 unspecified atom stereocenters. The highest BCUT2D eigenvalue weighted by Crippen LogP contribution is 2.36. The van der Waals surface area contributed by atoms with Crippen LogP contribution in [0.2, 0.25) is 0 Å². The van der Waals surface area contributed by atoms with Crippen LogP contribution in [0.3, 0.4) is 0 Å². The van der Waals surface area contributed by atoms with Gasteiger partial charge < -0.3 is 4.90 Å².